The first-order valence-electron chi connectivity index (χ1n) is 6.63. The number of likely N-dealkylation sites (N-methyl/N-ethyl adjacent to an activating group) is 1. The lowest BCUT2D eigenvalue weighted by Gasteiger charge is -2.39. The zero-order chi connectivity index (χ0) is 12.3. The van der Waals surface area contributed by atoms with E-state index in [1.165, 1.54) is 30.5 Å². The second-order valence-corrected chi connectivity index (χ2v) is 5.59. The molecule has 17 heavy (non-hydrogen) atoms. The van der Waals surface area contributed by atoms with Gasteiger partial charge < -0.3 is 10.2 Å². The van der Waals surface area contributed by atoms with Crippen molar-refractivity contribution in [2.24, 2.45) is 0 Å². The average molecular weight is 232 g/mol. The highest BCUT2D eigenvalue weighted by molar-refractivity contribution is 5.52. The van der Waals surface area contributed by atoms with Crippen molar-refractivity contribution >= 4 is 5.69 Å². The molecule has 1 unspecified atom stereocenters. The molecule has 1 aliphatic heterocycles. The quantitative estimate of drug-likeness (QED) is 0.862. The van der Waals surface area contributed by atoms with Gasteiger partial charge in [0.25, 0.3) is 0 Å². The van der Waals surface area contributed by atoms with E-state index in [1.54, 1.807) is 0 Å². The number of benzene rings is 1. The Labute approximate surface area is 105 Å². The van der Waals surface area contributed by atoms with Crippen molar-refractivity contribution in [3.05, 3.63) is 29.8 Å². The highest BCUT2D eigenvalue weighted by Crippen LogP contribution is 2.24. The molecule has 1 aromatic carbocycles. The van der Waals surface area contributed by atoms with Crippen LogP contribution in [0.2, 0.25) is 0 Å². The molecule has 1 aliphatic rings. The molecule has 0 aliphatic carbocycles. The molecule has 1 heterocycles. The number of aryl methyl sites for hydroxylation is 1. The summed E-state index contributed by atoms with van der Waals surface area (Å²) in [6.07, 6.45) is 3.96. The van der Waals surface area contributed by atoms with Crippen molar-refractivity contribution in [2.45, 2.75) is 38.6 Å². The van der Waals surface area contributed by atoms with E-state index < -0.39 is 0 Å². The number of piperidine rings is 1. The molecule has 94 valence electrons. The Morgan fingerprint density at radius 3 is 2.71 bits per heavy atom. The SMILES string of the molecule is Cc1ccccc1N(C)CC1(C)CCCCN1. The number of nitrogens with one attached hydrogen (secondary N) is 1. The van der Waals surface area contributed by atoms with Crippen molar-refractivity contribution in [1.29, 1.82) is 0 Å². The maximum Gasteiger partial charge on any atom is 0.0393 e. The van der Waals surface area contributed by atoms with Gasteiger partial charge in [0.15, 0.2) is 0 Å². The molecule has 1 saturated heterocycles. The Kier molecular flexibility index (Phi) is 3.72. The van der Waals surface area contributed by atoms with Crippen molar-refractivity contribution in [1.82, 2.24) is 5.32 Å². The fourth-order valence-electron chi connectivity index (χ4n) is 2.85. The van der Waals surface area contributed by atoms with Crippen molar-refractivity contribution in [3.63, 3.8) is 0 Å². The Morgan fingerprint density at radius 1 is 1.29 bits per heavy atom. The van der Waals surface area contributed by atoms with E-state index in [0.29, 0.717) is 0 Å². The third kappa shape index (κ3) is 3.01. The van der Waals surface area contributed by atoms with Crippen LogP contribution in [0, 0.1) is 6.92 Å². The predicted molar refractivity (Wildman–Crippen MR) is 74.7 cm³/mol. The van der Waals surface area contributed by atoms with Crippen LogP contribution in [0.1, 0.15) is 31.7 Å². The summed E-state index contributed by atoms with van der Waals surface area (Å²) in [5.74, 6) is 0. The molecule has 0 radical (unpaired) electrons. The van der Waals surface area contributed by atoms with Gasteiger partial charge >= 0.3 is 0 Å². The predicted octanol–water partition coefficient (Wildman–Crippen LogP) is 2.96. The number of para-hydroxylation sites is 1. The number of hydrogen-bond donors (Lipinski definition) is 1. The third-order valence-electron chi connectivity index (χ3n) is 3.82. The maximum atomic E-state index is 3.67. The molecular formula is C15H24N2. The van der Waals surface area contributed by atoms with E-state index in [4.69, 9.17) is 0 Å². The Balaban J connectivity index is 2.06. The Morgan fingerprint density at radius 2 is 2.06 bits per heavy atom. The van der Waals surface area contributed by atoms with Crippen molar-refractivity contribution in [2.75, 3.05) is 25.0 Å². The first-order valence-corrected chi connectivity index (χ1v) is 6.63. The maximum absolute atomic E-state index is 3.67. The standard InChI is InChI=1S/C15H24N2/c1-13-8-4-5-9-14(13)17(3)12-15(2)10-6-7-11-16-15/h4-5,8-9,16H,6-7,10-12H2,1-3H3. The molecule has 0 saturated carbocycles. The van der Waals surface area contributed by atoms with Crippen LogP contribution in [0.15, 0.2) is 24.3 Å². The summed E-state index contributed by atoms with van der Waals surface area (Å²) in [4.78, 5) is 2.38. The van der Waals surface area contributed by atoms with E-state index in [0.717, 1.165) is 13.1 Å². The van der Waals surface area contributed by atoms with Crippen LogP contribution in [0.5, 0.6) is 0 Å². The van der Waals surface area contributed by atoms with Gasteiger partial charge in [-0.05, 0) is 44.9 Å². The molecule has 0 amide bonds. The second-order valence-electron chi connectivity index (χ2n) is 5.59. The zero-order valence-corrected chi connectivity index (χ0v) is 11.3. The number of rotatable bonds is 3. The third-order valence-corrected chi connectivity index (χ3v) is 3.82. The van der Waals surface area contributed by atoms with E-state index in [9.17, 15) is 0 Å². The smallest absolute Gasteiger partial charge is 0.0393 e. The van der Waals surface area contributed by atoms with E-state index in [1.807, 2.05) is 0 Å². The summed E-state index contributed by atoms with van der Waals surface area (Å²) in [7, 11) is 2.20. The van der Waals surface area contributed by atoms with E-state index in [2.05, 4.69) is 55.4 Å². The number of anilines is 1. The van der Waals surface area contributed by atoms with Crippen LogP contribution >= 0.6 is 0 Å². The lowest BCUT2D eigenvalue weighted by molar-refractivity contribution is 0.283. The normalized spacial score (nSPS) is 24.6. The minimum Gasteiger partial charge on any atom is -0.373 e. The van der Waals surface area contributed by atoms with Crippen LogP contribution in [0.4, 0.5) is 5.69 Å². The molecule has 2 rings (SSSR count). The Hall–Kier alpha value is -1.02. The topological polar surface area (TPSA) is 15.3 Å². The monoisotopic (exact) mass is 232 g/mol. The van der Waals surface area contributed by atoms with Crippen molar-refractivity contribution < 1.29 is 0 Å². The highest BCUT2D eigenvalue weighted by Gasteiger charge is 2.27. The van der Waals surface area contributed by atoms with Gasteiger partial charge in [0.1, 0.15) is 0 Å². The highest BCUT2D eigenvalue weighted by atomic mass is 15.2. The van der Waals surface area contributed by atoms with Crippen molar-refractivity contribution in [3.8, 4) is 0 Å². The van der Waals surface area contributed by atoms with Gasteiger partial charge in [0.05, 0.1) is 0 Å². The van der Waals surface area contributed by atoms with Gasteiger partial charge in [-0.3, -0.25) is 0 Å². The molecule has 1 atom stereocenters. The minimum absolute atomic E-state index is 0.273. The van der Waals surface area contributed by atoms with Crippen LogP contribution < -0.4 is 10.2 Å². The van der Waals surface area contributed by atoms with Crippen LogP contribution in [-0.4, -0.2) is 25.7 Å². The molecule has 0 bridgehead atoms. The second kappa shape index (κ2) is 5.09. The summed E-state index contributed by atoms with van der Waals surface area (Å²) in [6, 6.07) is 8.62. The van der Waals surface area contributed by atoms with Gasteiger partial charge in [0, 0.05) is 24.8 Å². The summed E-state index contributed by atoms with van der Waals surface area (Å²) in [6.45, 7) is 6.78. The first kappa shape index (κ1) is 12.4. The molecular weight excluding hydrogens is 208 g/mol. The minimum atomic E-state index is 0.273. The summed E-state index contributed by atoms with van der Waals surface area (Å²) >= 11 is 0. The zero-order valence-electron chi connectivity index (χ0n) is 11.3. The molecule has 0 aromatic heterocycles. The molecule has 0 spiro atoms. The molecule has 2 nitrogen and oxygen atoms in total. The van der Waals surface area contributed by atoms with Gasteiger partial charge in [0.2, 0.25) is 0 Å². The van der Waals surface area contributed by atoms with Gasteiger partial charge in [-0.15, -0.1) is 0 Å². The molecule has 1 fully saturated rings. The largest absolute Gasteiger partial charge is 0.373 e. The Bertz CT molecular complexity index is 367. The van der Waals surface area contributed by atoms with Gasteiger partial charge in [-0.2, -0.15) is 0 Å². The van der Waals surface area contributed by atoms with Gasteiger partial charge in [-0.1, -0.05) is 24.6 Å². The average Bonchev–Trinajstić information content (AvgIpc) is 2.29. The van der Waals surface area contributed by atoms with E-state index >= 15 is 0 Å². The summed E-state index contributed by atoms with van der Waals surface area (Å²) in [5.41, 5.74) is 2.98. The molecule has 1 aromatic rings. The van der Waals surface area contributed by atoms with Gasteiger partial charge in [-0.25, -0.2) is 0 Å². The molecule has 2 heteroatoms. The van der Waals surface area contributed by atoms with Crippen LogP contribution in [0.3, 0.4) is 0 Å². The fraction of sp³-hybridized carbons (Fsp3) is 0.600. The lowest BCUT2D eigenvalue weighted by Crippen LogP contribution is -2.53. The molecule has 1 N–H and O–H groups in total. The number of nitrogens with zero attached hydrogens (tertiary/aromatic N) is 1. The summed E-state index contributed by atoms with van der Waals surface area (Å²) in [5, 5.41) is 3.67. The van der Waals surface area contributed by atoms with E-state index in [-0.39, 0.29) is 5.54 Å². The first-order chi connectivity index (χ1) is 8.11. The van der Waals surface area contributed by atoms with Crippen LogP contribution in [0.25, 0.3) is 0 Å². The van der Waals surface area contributed by atoms with Crippen LogP contribution in [-0.2, 0) is 0 Å². The fourth-order valence-corrected chi connectivity index (χ4v) is 2.85. The number of hydrogen-bond acceptors (Lipinski definition) is 2. The summed E-state index contributed by atoms with van der Waals surface area (Å²) < 4.78 is 0. The lowest BCUT2D eigenvalue weighted by atomic mass is 9.90.